The number of rotatable bonds is 4. The van der Waals surface area contributed by atoms with Crippen LogP contribution in [-0.4, -0.2) is 16.5 Å². The zero-order chi connectivity index (χ0) is 13.0. The van der Waals surface area contributed by atoms with Gasteiger partial charge in [-0.05, 0) is 31.2 Å². The maximum Gasteiger partial charge on any atom is 0.248 e. The van der Waals surface area contributed by atoms with Crippen molar-refractivity contribution >= 4 is 27.4 Å². The molecule has 1 heterocycles. The lowest BCUT2D eigenvalue weighted by Gasteiger charge is -2.10. The summed E-state index contributed by atoms with van der Waals surface area (Å²) in [5.41, 5.74) is 6.33. The topological polar surface area (TPSA) is 73.1 Å². The molecule has 0 spiro atoms. The normalized spacial score (nSPS) is 10.1. The lowest BCUT2D eigenvalue weighted by atomic mass is 10.3. The predicted octanol–water partition coefficient (Wildman–Crippen LogP) is 3.05. The Morgan fingerprint density at radius 1 is 1.28 bits per heavy atom. The van der Waals surface area contributed by atoms with Crippen molar-refractivity contribution < 1.29 is 4.74 Å². The minimum Gasteiger partial charge on any atom is -0.437 e. The van der Waals surface area contributed by atoms with Crippen molar-refractivity contribution in [2.24, 2.45) is 0 Å². The third-order valence-electron chi connectivity index (χ3n) is 2.22. The van der Waals surface area contributed by atoms with E-state index in [1.165, 1.54) is 6.33 Å². The van der Waals surface area contributed by atoms with Crippen LogP contribution in [0, 0.1) is 0 Å². The average molecular weight is 309 g/mol. The Morgan fingerprint density at radius 2 is 2.00 bits per heavy atom. The maximum absolute atomic E-state index is 5.93. The molecular weight excluding hydrogens is 296 g/mol. The van der Waals surface area contributed by atoms with Crippen LogP contribution in [0.2, 0.25) is 0 Å². The van der Waals surface area contributed by atoms with Gasteiger partial charge >= 0.3 is 0 Å². The molecule has 6 heteroatoms. The number of nitrogens with one attached hydrogen (secondary N) is 1. The quantitative estimate of drug-likeness (QED) is 0.908. The van der Waals surface area contributed by atoms with E-state index < -0.39 is 0 Å². The molecule has 0 fully saturated rings. The summed E-state index contributed by atoms with van der Waals surface area (Å²) in [7, 11) is 0. The van der Waals surface area contributed by atoms with E-state index in [1.54, 1.807) is 0 Å². The third-order valence-corrected chi connectivity index (χ3v) is 2.75. The van der Waals surface area contributed by atoms with Crippen LogP contribution in [0.4, 0.5) is 11.5 Å². The first kappa shape index (κ1) is 12.6. The summed E-state index contributed by atoms with van der Waals surface area (Å²) in [6.45, 7) is 2.70. The second kappa shape index (κ2) is 5.68. The fourth-order valence-electron chi connectivity index (χ4n) is 1.38. The minimum atomic E-state index is 0.350. The molecule has 0 radical (unpaired) electrons. The van der Waals surface area contributed by atoms with Gasteiger partial charge in [-0.2, -0.15) is 4.98 Å². The number of ether oxygens (including phenoxy) is 1. The zero-order valence-electron chi connectivity index (χ0n) is 9.85. The van der Waals surface area contributed by atoms with E-state index in [2.05, 4.69) is 31.2 Å². The van der Waals surface area contributed by atoms with E-state index in [4.69, 9.17) is 10.5 Å². The molecule has 5 nitrogen and oxygen atoms in total. The number of nitrogens with zero attached hydrogens (tertiary/aromatic N) is 2. The Hall–Kier alpha value is -1.82. The van der Waals surface area contributed by atoms with E-state index in [-0.39, 0.29) is 0 Å². The van der Waals surface area contributed by atoms with Gasteiger partial charge in [0.2, 0.25) is 5.88 Å². The van der Waals surface area contributed by atoms with Crippen LogP contribution in [0.15, 0.2) is 35.1 Å². The first-order chi connectivity index (χ1) is 8.70. The van der Waals surface area contributed by atoms with Crippen LogP contribution in [-0.2, 0) is 0 Å². The Kier molecular flexibility index (Phi) is 3.99. The van der Waals surface area contributed by atoms with Crippen molar-refractivity contribution in [2.75, 3.05) is 17.6 Å². The smallest absolute Gasteiger partial charge is 0.248 e. The third kappa shape index (κ3) is 2.89. The monoisotopic (exact) mass is 308 g/mol. The van der Waals surface area contributed by atoms with Crippen LogP contribution in [0.25, 0.3) is 0 Å². The van der Waals surface area contributed by atoms with Crippen LogP contribution in [0.1, 0.15) is 6.92 Å². The van der Waals surface area contributed by atoms with E-state index in [9.17, 15) is 0 Å². The molecule has 0 amide bonds. The molecule has 0 atom stereocenters. The maximum atomic E-state index is 5.93. The Bertz CT molecular complexity index is 530. The fraction of sp³-hybridized carbons (Fsp3) is 0.167. The standard InChI is InChI=1S/C12H13BrN4O/c1-2-15-11-10(14)12(17-7-16-11)18-9-5-3-8(13)4-6-9/h3-7H,2,14H2,1H3,(H,15,16,17). The lowest BCUT2D eigenvalue weighted by molar-refractivity contribution is 0.464. The number of aromatic nitrogens is 2. The van der Waals surface area contributed by atoms with Crippen molar-refractivity contribution in [3.05, 3.63) is 35.1 Å². The number of benzene rings is 1. The molecular formula is C12H13BrN4O. The zero-order valence-corrected chi connectivity index (χ0v) is 11.4. The highest BCUT2D eigenvalue weighted by atomic mass is 79.9. The first-order valence-electron chi connectivity index (χ1n) is 5.48. The molecule has 2 rings (SSSR count). The largest absolute Gasteiger partial charge is 0.437 e. The predicted molar refractivity (Wildman–Crippen MR) is 74.8 cm³/mol. The van der Waals surface area contributed by atoms with E-state index in [0.717, 1.165) is 11.0 Å². The van der Waals surface area contributed by atoms with Crippen LogP contribution in [0.3, 0.4) is 0 Å². The summed E-state index contributed by atoms with van der Waals surface area (Å²) in [6, 6.07) is 7.44. The SMILES string of the molecule is CCNc1ncnc(Oc2ccc(Br)cc2)c1N. The second-order valence-corrected chi connectivity index (χ2v) is 4.44. The highest BCUT2D eigenvalue weighted by Gasteiger charge is 2.09. The average Bonchev–Trinajstić information content (AvgIpc) is 2.37. The van der Waals surface area contributed by atoms with Crippen molar-refractivity contribution in [3.8, 4) is 11.6 Å². The van der Waals surface area contributed by atoms with E-state index in [1.807, 2.05) is 31.2 Å². The lowest BCUT2D eigenvalue weighted by Crippen LogP contribution is -2.05. The molecule has 0 aliphatic rings. The first-order valence-corrected chi connectivity index (χ1v) is 6.27. The summed E-state index contributed by atoms with van der Waals surface area (Å²) in [6.07, 6.45) is 1.42. The number of hydrogen-bond donors (Lipinski definition) is 2. The van der Waals surface area contributed by atoms with Gasteiger partial charge < -0.3 is 15.8 Å². The van der Waals surface area contributed by atoms with Gasteiger partial charge in [-0.25, -0.2) is 4.98 Å². The summed E-state index contributed by atoms with van der Waals surface area (Å²) in [4.78, 5) is 8.08. The molecule has 94 valence electrons. The number of anilines is 2. The molecule has 0 bridgehead atoms. The summed E-state index contributed by atoms with van der Waals surface area (Å²) >= 11 is 3.36. The second-order valence-electron chi connectivity index (χ2n) is 3.53. The Morgan fingerprint density at radius 3 is 2.67 bits per heavy atom. The molecule has 0 unspecified atom stereocenters. The molecule has 1 aromatic heterocycles. The highest BCUT2D eigenvalue weighted by Crippen LogP contribution is 2.29. The van der Waals surface area contributed by atoms with Gasteiger partial charge in [0.05, 0.1) is 0 Å². The van der Waals surface area contributed by atoms with Crippen LogP contribution in [0.5, 0.6) is 11.6 Å². The molecule has 3 N–H and O–H groups in total. The van der Waals surface area contributed by atoms with Gasteiger partial charge in [-0.15, -0.1) is 0 Å². The van der Waals surface area contributed by atoms with Crippen molar-refractivity contribution in [3.63, 3.8) is 0 Å². The van der Waals surface area contributed by atoms with Gasteiger partial charge in [0.1, 0.15) is 17.8 Å². The number of nitrogen functional groups attached to an aromatic ring is 1. The van der Waals surface area contributed by atoms with Crippen LogP contribution >= 0.6 is 15.9 Å². The molecule has 18 heavy (non-hydrogen) atoms. The van der Waals surface area contributed by atoms with Crippen molar-refractivity contribution in [1.82, 2.24) is 9.97 Å². The summed E-state index contributed by atoms with van der Waals surface area (Å²) in [5, 5.41) is 3.05. The van der Waals surface area contributed by atoms with E-state index in [0.29, 0.717) is 23.1 Å². The van der Waals surface area contributed by atoms with Gasteiger partial charge in [0.15, 0.2) is 5.82 Å². The summed E-state index contributed by atoms with van der Waals surface area (Å²) in [5.74, 6) is 1.61. The molecule has 0 aliphatic heterocycles. The Balaban J connectivity index is 2.23. The molecule has 0 saturated carbocycles. The van der Waals surface area contributed by atoms with Gasteiger partial charge in [-0.3, -0.25) is 0 Å². The molecule has 1 aromatic carbocycles. The fourth-order valence-corrected chi connectivity index (χ4v) is 1.65. The minimum absolute atomic E-state index is 0.350. The number of halogens is 1. The van der Waals surface area contributed by atoms with Gasteiger partial charge in [0.25, 0.3) is 0 Å². The molecule has 0 saturated heterocycles. The van der Waals surface area contributed by atoms with E-state index >= 15 is 0 Å². The van der Waals surface area contributed by atoms with Gasteiger partial charge in [0, 0.05) is 11.0 Å². The highest BCUT2D eigenvalue weighted by molar-refractivity contribution is 9.10. The number of nitrogens with two attached hydrogens (primary N) is 1. The number of hydrogen-bond acceptors (Lipinski definition) is 5. The Labute approximate surface area is 114 Å². The van der Waals surface area contributed by atoms with Gasteiger partial charge in [-0.1, -0.05) is 15.9 Å². The summed E-state index contributed by atoms with van der Waals surface area (Å²) < 4.78 is 6.60. The van der Waals surface area contributed by atoms with Crippen molar-refractivity contribution in [2.45, 2.75) is 6.92 Å². The molecule has 2 aromatic rings. The van der Waals surface area contributed by atoms with Crippen LogP contribution < -0.4 is 15.8 Å². The van der Waals surface area contributed by atoms with Crippen molar-refractivity contribution in [1.29, 1.82) is 0 Å². The molecule has 0 aliphatic carbocycles.